The molecule has 1 atom stereocenters. The zero-order chi connectivity index (χ0) is 20.1. The molecule has 0 aliphatic carbocycles. The maximum atomic E-state index is 12.7. The smallest absolute Gasteiger partial charge is 0.251 e. The van der Waals surface area contributed by atoms with Crippen LogP contribution in [0.3, 0.4) is 0 Å². The third-order valence-corrected chi connectivity index (χ3v) is 5.47. The van der Waals surface area contributed by atoms with Crippen LogP contribution in [0.2, 0.25) is 10.0 Å². The van der Waals surface area contributed by atoms with E-state index in [0.29, 0.717) is 28.8 Å². The van der Waals surface area contributed by atoms with Crippen molar-refractivity contribution in [1.29, 1.82) is 0 Å². The topological polar surface area (TPSA) is 58.6 Å². The molecule has 7 heteroatoms. The molecule has 148 valence electrons. The number of ether oxygens (including phenoxy) is 1. The molecule has 2 aromatic rings. The number of amides is 2. The van der Waals surface area contributed by atoms with Gasteiger partial charge in [0, 0.05) is 12.1 Å². The lowest BCUT2D eigenvalue weighted by Crippen LogP contribution is -2.39. The van der Waals surface area contributed by atoms with Crippen LogP contribution < -0.4 is 10.1 Å². The van der Waals surface area contributed by atoms with Crippen LogP contribution in [0.25, 0.3) is 0 Å². The van der Waals surface area contributed by atoms with E-state index in [1.54, 1.807) is 12.1 Å². The number of nitrogens with zero attached hydrogens (tertiary/aromatic N) is 1. The van der Waals surface area contributed by atoms with Crippen molar-refractivity contribution in [3.05, 3.63) is 63.6 Å². The molecular formula is C21H22Cl2N2O3. The van der Waals surface area contributed by atoms with Crippen LogP contribution in [-0.2, 0) is 4.79 Å². The number of halogens is 2. The third kappa shape index (κ3) is 4.78. The predicted octanol–water partition coefficient (Wildman–Crippen LogP) is 4.49. The largest absolute Gasteiger partial charge is 0.494 e. The van der Waals surface area contributed by atoms with E-state index in [2.05, 4.69) is 5.32 Å². The summed E-state index contributed by atoms with van der Waals surface area (Å²) in [6.07, 6.45) is 1.84. The number of carbonyl (C=O) groups is 2. The minimum Gasteiger partial charge on any atom is -0.494 e. The molecule has 1 aliphatic heterocycles. The number of carbonyl (C=O) groups excluding carboxylic acids is 2. The summed E-state index contributed by atoms with van der Waals surface area (Å²) >= 11 is 11.8. The van der Waals surface area contributed by atoms with E-state index in [1.165, 1.54) is 6.07 Å². The summed E-state index contributed by atoms with van der Waals surface area (Å²) in [5, 5.41) is 3.35. The van der Waals surface area contributed by atoms with Gasteiger partial charge < -0.3 is 15.0 Å². The van der Waals surface area contributed by atoms with Crippen LogP contribution in [0.15, 0.2) is 42.5 Å². The SMILES string of the molecule is CCOc1ccc([C@H]2CCCN2C(=O)CNC(=O)c2ccc(Cl)c(Cl)c2)cc1. The molecule has 0 aromatic heterocycles. The average molecular weight is 421 g/mol. The summed E-state index contributed by atoms with van der Waals surface area (Å²) < 4.78 is 5.47. The first kappa shape index (κ1) is 20.5. The first-order valence-electron chi connectivity index (χ1n) is 9.25. The summed E-state index contributed by atoms with van der Waals surface area (Å²) in [4.78, 5) is 26.8. The summed E-state index contributed by atoms with van der Waals surface area (Å²) in [5.41, 5.74) is 1.44. The van der Waals surface area contributed by atoms with Gasteiger partial charge in [-0.25, -0.2) is 0 Å². The van der Waals surface area contributed by atoms with E-state index >= 15 is 0 Å². The normalized spacial score (nSPS) is 16.1. The van der Waals surface area contributed by atoms with E-state index < -0.39 is 0 Å². The lowest BCUT2D eigenvalue weighted by molar-refractivity contribution is -0.131. The second-order valence-corrected chi connectivity index (χ2v) is 7.37. The number of likely N-dealkylation sites (tertiary alicyclic amines) is 1. The Hall–Kier alpha value is -2.24. The Balaban J connectivity index is 1.61. The molecule has 3 rings (SSSR count). The lowest BCUT2D eigenvalue weighted by atomic mass is 10.0. The average Bonchev–Trinajstić information content (AvgIpc) is 3.19. The first-order chi connectivity index (χ1) is 13.5. The van der Waals surface area contributed by atoms with Crippen LogP contribution in [-0.4, -0.2) is 36.4 Å². The fourth-order valence-electron chi connectivity index (χ4n) is 3.36. The Labute approximate surface area is 174 Å². The number of rotatable bonds is 6. The molecule has 0 spiro atoms. The van der Waals surface area contributed by atoms with E-state index in [9.17, 15) is 9.59 Å². The standard InChI is InChI=1S/C21H22Cl2N2O3/c1-2-28-16-8-5-14(6-9-16)19-4-3-11-25(19)20(26)13-24-21(27)15-7-10-17(22)18(23)12-15/h5-10,12,19H,2-4,11,13H2,1H3,(H,24,27)/t19-/m1/s1. The van der Waals surface area contributed by atoms with Gasteiger partial charge in [0.05, 0.1) is 29.2 Å². The monoisotopic (exact) mass is 420 g/mol. The molecule has 0 radical (unpaired) electrons. The maximum Gasteiger partial charge on any atom is 0.251 e. The van der Waals surface area contributed by atoms with Crippen molar-refractivity contribution in [2.45, 2.75) is 25.8 Å². The van der Waals surface area contributed by atoms with Gasteiger partial charge in [-0.15, -0.1) is 0 Å². The van der Waals surface area contributed by atoms with Gasteiger partial charge in [0.1, 0.15) is 5.75 Å². The molecule has 1 N–H and O–H groups in total. The van der Waals surface area contributed by atoms with Crippen molar-refractivity contribution in [3.63, 3.8) is 0 Å². The number of benzene rings is 2. The highest BCUT2D eigenvalue weighted by Crippen LogP contribution is 2.32. The molecule has 0 unspecified atom stereocenters. The number of nitrogens with one attached hydrogen (secondary N) is 1. The highest BCUT2D eigenvalue weighted by Gasteiger charge is 2.30. The van der Waals surface area contributed by atoms with Crippen molar-refractivity contribution in [2.24, 2.45) is 0 Å². The molecule has 0 saturated carbocycles. The maximum absolute atomic E-state index is 12.7. The summed E-state index contributed by atoms with van der Waals surface area (Å²) in [5.74, 6) is 0.351. The number of hydrogen-bond donors (Lipinski definition) is 1. The van der Waals surface area contributed by atoms with E-state index in [1.807, 2.05) is 36.1 Å². The highest BCUT2D eigenvalue weighted by atomic mass is 35.5. The van der Waals surface area contributed by atoms with Gasteiger partial charge in [-0.2, -0.15) is 0 Å². The second-order valence-electron chi connectivity index (χ2n) is 6.56. The first-order valence-corrected chi connectivity index (χ1v) is 10.0. The number of hydrogen-bond acceptors (Lipinski definition) is 3. The molecule has 1 aliphatic rings. The molecule has 0 bridgehead atoms. The Kier molecular flexibility index (Phi) is 6.81. The Morgan fingerprint density at radius 3 is 2.57 bits per heavy atom. The van der Waals surface area contributed by atoms with Crippen molar-refractivity contribution < 1.29 is 14.3 Å². The van der Waals surface area contributed by atoms with Crippen LogP contribution in [0.4, 0.5) is 0 Å². The van der Waals surface area contributed by atoms with Gasteiger partial charge in [0.25, 0.3) is 5.91 Å². The summed E-state index contributed by atoms with van der Waals surface area (Å²) in [7, 11) is 0. The van der Waals surface area contributed by atoms with Crippen LogP contribution in [0.5, 0.6) is 5.75 Å². The van der Waals surface area contributed by atoms with Gasteiger partial charge in [0.15, 0.2) is 0 Å². The van der Waals surface area contributed by atoms with Crippen LogP contribution in [0, 0.1) is 0 Å². The van der Waals surface area contributed by atoms with Crippen molar-refractivity contribution >= 4 is 35.0 Å². The molecule has 2 amide bonds. The van der Waals surface area contributed by atoms with Gasteiger partial charge in [0.2, 0.25) is 5.91 Å². The van der Waals surface area contributed by atoms with E-state index in [4.69, 9.17) is 27.9 Å². The zero-order valence-corrected chi connectivity index (χ0v) is 17.1. The van der Waals surface area contributed by atoms with Crippen molar-refractivity contribution in [1.82, 2.24) is 10.2 Å². The fourth-order valence-corrected chi connectivity index (χ4v) is 3.66. The fraction of sp³-hybridized carbons (Fsp3) is 0.333. The van der Waals surface area contributed by atoms with Gasteiger partial charge in [-0.05, 0) is 55.7 Å². The predicted molar refractivity (Wildman–Crippen MR) is 110 cm³/mol. The lowest BCUT2D eigenvalue weighted by Gasteiger charge is -2.25. The van der Waals surface area contributed by atoms with Crippen molar-refractivity contribution in [3.8, 4) is 5.75 Å². The van der Waals surface area contributed by atoms with Gasteiger partial charge in [-0.3, -0.25) is 9.59 Å². The molecule has 1 fully saturated rings. The minimum atomic E-state index is -0.358. The molecule has 28 heavy (non-hydrogen) atoms. The molecule has 1 saturated heterocycles. The van der Waals surface area contributed by atoms with Gasteiger partial charge >= 0.3 is 0 Å². The molecule has 1 heterocycles. The van der Waals surface area contributed by atoms with Crippen LogP contribution >= 0.6 is 23.2 Å². The van der Waals surface area contributed by atoms with E-state index in [-0.39, 0.29) is 24.4 Å². The van der Waals surface area contributed by atoms with Gasteiger partial charge in [-0.1, -0.05) is 35.3 Å². The summed E-state index contributed by atoms with van der Waals surface area (Å²) in [6.45, 7) is 3.18. The van der Waals surface area contributed by atoms with Crippen LogP contribution in [0.1, 0.15) is 41.7 Å². The Morgan fingerprint density at radius 1 is 1.14 bits per heavy atom. The molecule has 2 aromatic carbocycles. The van der Waals surface area contributed by atoms with Crippen molar-refractivity contribution in [2.75, 3.05) is 19.7 Å². The quantitative estimate of drug-likeness (QED) is 0.748. The Bertz CT molecular complexity index is 855. The third-order valence-electron chi connectivity index (χ3n) is 4.73. The summed E-state index contributed by atoms with van der Waals surface area (Å²) in [6, 6.07) is 12.5. The van der Waals surface area contributed by atoms with E-state index in [0.717, 1.165) is 24.2 Å². The Morgan fingerprint density at radius 2 is 1.89 bits per heavy atom. The molecular weight excluding hydrogens is 399 g/mol. The minimum absolute atomic E-state index is 0.0186. The zero-order valence-electron chi connectivity index (χ0n) is 15.6. The second kappa shape index (κ2) is 9.30. The molecule has 5 nitrogen and oxygen atoms in total. The highest BCUT2D eigenvalue weighted by molar-refractivity contribution is 6.42.